The standard InChI is InChI=1S/C19H23N3O3S/c1-10-17(13(4)23)11(2)22-18(10)19(25)12(3)21-14-7-5-6-8-15(14)26-9-16(20)24/h5-8,12,21-22H,9H2,1-4H3,(H2,20,24)/t12-/m1/s1. The number of hydrogen-bond acceptors (Lipinski definition) is 5. The van der Waals surface area contributed by atoms with Gasteiger partial charge in [0.15, 0.2) is 5.78 Å². The lowest BCUT2D eigenvalue weighted by molar-refractivity contribution is -0.115. The number of Topliss-reactive ketones (excluding diaryl/α,β-unsaturated/α-hetero) is 2. The first-order valence-corrected chi connectivity index (χ1v) is 9.22. The van der Waals surface area contributed by atoms with Crippen LogP contribution in [0.5, 0.6) is 0 Å². The Kier molecular flexibility index (Phi) is 6.26. The monoisotopic (exact) mass is 373 g/mol. The first kappa shape index (κ1) is 19.8. The summed E-state index contributed by atoms with van der Waals surface area (Å²) in [6, 6.07) is 6.91. The SMILES string of the molecule is CC(=O)c1c(C)[nH]c(C(=O)[C@@H](C)Nc2ccccc2SCC(N)=O)c1C. The summed E-state index contributed by atoms with van der Waals surface area (Å²) < 4.78 is 0. The van der Waals surface area contributed by atoms with Gasteiger partial charge in [-0.05, 0) is 45.4 Å². The largest absolute Gasteiger partial charge is 0.374 e. The maximum absolute atomic E-state index is 12.8. The average molecular weight is 373 g/mol. The molecule has 26 heavy (non-hydrogen) atoms. The highest BCUT2D eigenvalue weighted by Gasteiger charge is 2.24. The summed E-state index contributed by atoms with van der Waals surface area (Å²) in [5, 5.41) is 3.19. The number of thioether (sulfide) groups is 1. The van der Waals surface area contributed by atoms with Crippen molar-refractivity contribution in [3.63, 3.8) is 0 Å². The molecule has 1 aromatic carbocycles. The van der Waals surface area contributed by atoms with E-state index in [0.29, 0.717) is 22.5 Å². The fourth-order valence-electron chi connectivity index (χ4n) is 2.90. The lowest BCUT2D eigenvalue weighted by atomic mass is 10.0. The third kappa shape index (κ3) is 4.35. The van der Waals surface area contributed by atoms with Crippen molar-refractivity contribution in [2.24, 2.45) is 5.73 Å². The third-order valence-corrected chi connectivity index (χ3v) is 5.15. The van der Waals surface area contributed by atoms with Crippen molar-refractivity contribution in [2.75, 3.05) is 11.1 Å². The second kappa shape index (κ2) is 8.23. The smallest absolute Gasteiger partial charge is 0.227 e. The fourth-order valence-corrected chi connectivity index (χ4v) is 3.66. The summed E-state index contributed by atoms with van der Waals surface area (Å²) in [6.45, 7) is 6.82. The number of aryl methyl sites for hydroxylation is 1. The number of ketones is 2. The number of hydrogen-bond donors (Lipinski definition) is 3. The lowest BCUT2D eigenvalue weighted by Gasteiger charge is -2.17. The van der Waals surface area contributed by atoms with Crippen molar-refractivity contribution >= 4 is 34.9 Å². The number of para-hydroxylation sites is 1. The minimum Gasteiger partial charge on any atom is -0.374 e. The summed E-state index contributed by atoms with van der Waals surface area (Å²) in [7, 11) is 0. The molecule has 1 atom stereocenters. The van der Waals surface area contributed by atoms with Gasteiger partial charge in [-0.25, -0.2) is 0 Å². The molecule has 6 nitrogen and oxygen atoms in total. The molecule has 0 saturated heterocycles. The molecule has 0 radical (unpaired) electrons. The Bertz CT molecular complexity index is 858. The zero-order valence-corrected chi connectivity index (χ0v) is 16.1. The van der Waals surface area contributed by atoms with Crippen LogP contribution in [0.15, 0.2) is 29.2 Å². The van der Waals surface area contributed by atoms with Gasteiger partial charge in [0.25, 0.3) is 0 Å². The number of nitrogens with two attached hydrogens (primary N) is 1. The van der Waals surface area contributed by atoms with E-state index in [1.54, 1.807) is 20.8 Å². The number of amides is 1. The van der Waals surface area contributed by atoms with Crippen LogP contribution < -0.4 is 11.1 Å². The number of aromatic amines is 1. The van der Waals surface area contributed by atoms with Gasteiger partial charge < -0.3 is 16.0 Å². The van der Waals surface area contributed by atoms with Crippen LogP contribution in [0.1, 0.15) is 46.0 Å². The van der Waals surface area contributed by atoms with Gasteiger partial charge >= 0.3 is 0 Å². The number of anilines is 1. The quantitative estimate of drug-likeness (QED) is 0.487. The number of carbonyl (C=O) groups is 3. The second-order valence-corrected chi connectivity index (χ2v) is 7.18. The van der Waals surface area contributed by atoms with E-state index in [1.165, 1.54) is 18.7 Å². The number of H-pyrrole nitrogens is 1. The van der Waals surface area contributed by atoms with Crippen LogP contribution in [0.2, 0.25) is 0 Å². The van der Waals surface area contributed by atoms with E-state index < -0.39 is 11.9 Å². The summed E-state index contributed by atoms with van der Waals surface area (Å²) in [5.74, 6) is -0.433. The van der Waals surface area contributed by atoms with Gasteiger partial charge in [0, 0.05) is 21.8 Å². The van der Waals surface area contributed by atoms with Crippen LogP contribution in [0.25, 0.3) is 0 Å². The van der Waals surface area contributed by atoms with E-state index in [9.17, 15) is 14.4 Å². The molecule has 0 aliphatic carbocycles. The average Bonchev–Trinajstić information content (AvgIpc) is 2.87. The molecule has 0 bridgehead atoms. The topological polar surface area (TPSA) is 105 Å². The molecule has 0 fully saturated rings. The highest BCUT2D eigenvalue weighted by molar-refractivity contribution is 8.00. The maximum Gasteiger partial charge on any atom is 0.227 e. The van der Waals surface area contributed by atoms with Gasteiger partial charge in [0.05, 0.1) is 17.5 Å². The molecule has 138 valence electrons. The summed E-state index contributed by atoms with van der Waals surface area (Å²) in [5.41, 5.74) is 8.34. The van der Waals surface area contributed by atoms with Crippen molar-refractivity contribution in [1.82, 2.24) is 4.98 Å². The number of benzene rings is 1. The molecule has 0 unspecified atom stereocenters. The Labute approximate surface area is 156 Å². The van der Waals surface area contributed by atoms with Gasteiger partial charge in [-0.2, -0.15) is 0 Å². The minimum atomic E-state index is -0.512. The van der Waals surface area contributed by atoms with Gasteiger partial charge in [0.2, 0.25) is 11.7 Å². The molecule has 2 rings (SSSR count). The van der Waals surface area contributed by atoms with E-state index in [1.807, 2.05) is 24.3 Å². The molecule has 1 aromatic heterocycles. The Morgan fingerprint density at radius 3 is 2.46 bits per heavy atom. The highest BCUT2D eigenvalue weighted by atomic mass is 32.2. The summed E-state index contributed by atoms with van der Waals surface area (Å²) >= 11 is 1.32. The van der Waals surface area contributed by atoms with Gasteiger partial charge in [-0.1, -0.05) is 12.1 Å². The maximum atomic E-state index is 12.8. The Morgan fingerprint density at radius 2 is 1.88 bits per heavy atom. The highest BCUT2D eigenvalue weighted by Crippen LogP contribution is 2.28. The van der Waals surface area contributed by atoms with Crippen molar-refractivity contribution < 1.29 is 14.4 Å². The van der Waals surface area contributed by atoms with Crippen LogP contribution in [0.4, 0.5) is 5.69 Å². The zero-order chi connectivity index (χ0) is 19.4. The predicted molar refractivity (Wildman–Crippen MR) is 104 cm³/mol. The van der Waals surface area contributed by atoms with Crippen LogP contribution in [-0.4, -0.2) is 34.3 Å². The van der Waals surface area contributed by atoms with Crippen molar-refractivity contribution in [3.05, 3.63) is 46.8 Å². The molecular weight excluding hydrogens is 350 g/mol. The Morgan fingerprint density at radius 1 is 1.23 bits per heavy atom. The van der Waals surface area contributed by atoms with Crippen molar-refractivity contribution in [2.45, 2.75) is 38.6 Å². The summed E-state index contributed by atoms with van der Waals surface area (Å²) in [4.78, 5) is 39.5. The molecule has 2 aromatic rings. The first-order valence-electron chi connectivity index (χ1n) is 8.23. The molecule has 0 spiro atoms. The van der Waals surface area contributed by atoms with Crippen LogP contribution in [0, 0.1) is 13.8 Å². The van der Waals surface area contributed by atoms with Crippen LogP contribution in [0.3, 0.4) is 0 Å². The van der Waals surface area contributed by atoms with Gasteiger partial charge in [0.1, 0.15) is 0 Å². The number of carbonyl (C=O) groups excluding carboxylic acids is 3. The summed E-state index contributed by atoms with van der Waals surface area (Å²) in [6.07, 6.45) is 0. The first-order chi connectivity index (χ1) is 12.2. The van der Waals surface area contributed by atoms with Gasteiger partial charge in [-0.15, -0.1) is 11.8 Å². The van der Waals surface area contributed by atoms with Gasteiger partial charge in [-0.3, -0.25) is 14.4 Å². The van der Waals surface area contributed by atoms with E-state index in [4.69, 9.17) is 5.73 Å². The third-order valence-electron chi connectivity index (χ3n) is 4.06. The Balaban J connectivity index is 2.22. The van der Waals surface area contributed by atoms with Crippen LogP contribution >= 0.6 is 11.8 Å². The van der Waals surface area contributed by atoms with Crippen molar-refractivity contribution in [3.8, 4) is 0 Å². The van der Waals surface area contributed by atoms with E-state index in [-0.39, 0.29) is 17.3 Å². The zero-order valence-electron chi connectivity index (χ0n) is 15.3. The molecule has 7 heteroatoms. The fraction of sp³-hybridized carbons (Fsp3) is 0.316. The minimum absolute atomic E-state index is 0.0656. The number of nitrogens with one attached hydrogen (secondary N) is 2. The molecule has 0 saturated carbocycles. The lowest BCUT2D eigenvalue weighted by Crippen LogP contribution is -2.27. The molecule has 0 aliphatic rings. The molecule has 0 aliphatic heterocycles. The number of primary amides is 1. The van der Waals surface area contributed by atoms with Crippen LogP contribution in [-0.2, 0) is 4.79 Å². The van der Waals surface area contributed by atoms with Crippen molar-refractivity contribution in [1.29, 1.82) is 0 Å². The molecule has 4 N–H and O–H groups in total. The van der Waals surface area contributed by atoms with E-state index in [0.717, 1.165) is 10.6 Å². The van der Waals surface area contributed by atoms with E-state index >= 15 is 0 Å². The van der Waals surface area contributed by atoms with E-state index in [2.05, 4.69) is 10.3 Å². The molecule has 1 heterocycles. The number of aromatic nitrogens is 1. The molecular formula is C19H23N3O3S. The Hall–Kier alpha value is -2.54. The normalized spacial score (nSPS) is 11.8. The molecule has 1 amide bonds. The number of rotatable bonds is 8. The predicted octanol–water partition coefficient (Wildman–Crippen LogP) is 3.09. The second-order valence-electron chi connectivity index (χ2n) is 6.16.